The van der Waals surface area contributed by atoms with Crippen LogP contribution in [-0.4, -0.2) is 54.1 Å². The maximum atomic E-state index is 13.3. The first-order valence-electron chi connectivity index (χ1n) is 11.0. The summed E-state index contributed by atoms with van der Waals surface area (Å²) in [7, 11) is 0. The molecule has 2 amide bonds. The van der Waals surface area contributed by atoms with Crippen LogP contribution >= 0.6 is 0 Å². The zero-order valence-corrected chi connectivity index (χ0v) is 18.6. The highest BCUT2D eigenvalue weighted by Crippen LogP contribution is 2.25. The van der Waals surface area contributed by atoms with Crippen LogP contribution in [0.1, 0.15) is 47.9 Å². The monoisotopic (exact) mass is 429 g/mol. The fourth-order valence-electron chi connectivity index (χ4n) is 4.16. The molecule has 2 heterocycles. The zero-order chi connectivity index (χ0) is 22.4. The van der Waals surface area contributed by atoms with E-state index in [0.29, 0.717) is 51.3 Å². The minimum atomic E-state index is -0.288. The number of amides is 2. The van der Waals surface area contributed by atoms with Crippen LogP contribution in [0.15, 0.2) is 30.3 Å². The number of aromatic nitrogens is 1. The van der Waals surface area contributed by atoms with E-state index in [-0.39, 0.29) is 23.5 Å². The average molecular weight is 430 g/mol. The molecular formula is C24H32FN3O3. The van der Waals surface area contributed by atoms with Crippen molar-refractivity contribution in [1.29, 1.82) is 0 Å². The molecular weight excluding hydrogens is 397 g/mol. The minimum absolute atomic E-state index is 0.0166. The predicted octanol–water partition coefficient (Wildman–Crippen LogP) is 3.63. The van der Waals surface area contributed by atoms with Crippen LogP contribution in [0.2, 0.25) is 0 Å². The third-order valence-electron chi connectivity index (χ3n) is 5.87. The second-order valence-corrected chi connectivity index (χ2v) is 8.00. The Morgan fingerprint density at radius 3 is 2.48 bits per heavy atom. The van der Waals surface area contributed by atoms with Gasteiger partial charge in [0.05, 0.1) is 5.56 Å². The fourth-order valence-corrected chi connectivity index (χ4v) is 4.16. The molecule has 1 aromatic heterocycles. The van der Waals surface area contributed by atoms with Crippen molar-refractivity contribution in [2.75, 3.05) is 32.8 Å². The van der Waals surface area contributed by atoms with Crippen LogP contribution in [0.25, 0.3) is 5.69 Å². The van der Waals surface area contributed by atoms with Crippen molar-refractivity contribution in [3.8, 4) is 5.69 Å². The van der Waals surface area contributed by atoms with Gasteiger partial charge in [-0.1, -0.05) is 0 Å². The fraction of sp³-hybridized carbons (Fsp3) is 0.500. The summed E-state index contributed by atoms with van der Waals surface area (Å²) in [4.78, 5) is 27.4. The maximum Gasteiger partial charge on any atom is 0.255 e. The standard InChI is InChI=1S/C24H32FN3O3/c1-4-31-15-5-12-26-23(29)19-10-13-27(14-11-19)24(30)22-16-17(2)28(18(22)3)21-8-6-20(25)7-9-21/h6-9,16,19H,4-5,10-15H2,1-3H3,(H,26,29). The lowest BCUT2D eigenvalue weighted by molar-refractivity contribution is -0.126. The summed E-state index contributed by atoms with van der Waals surface area (Å²) in [6, 6.07) is 8.15. The van der Waals surface area contributed by atoms with Gasteiger partial charge in [-0.2, -0.15) is 0 Å². The Kier molecular flexibility index (Phi) is 7.85. The van der Waals surface area contributed by atoms with Gasteiger partial charge in [-0.25, -0.2) is 4.39 Å². The van der Waals surface area contributed by atoms with Gasteiger partial charge < -0.3 is 19.5 Å². The second kappa shape index (κ2) is 10.6. The molecule has 31 heavy (non-hydrogen) atoms. The maximum absolute atomic E-state index is 13.3. The first-order chi connectivity index (χ1) is 14.9. The van der Waals surface area contributed by atoms with Crippen molar-refractivity contribution >= 4 is 11.8 Å². The third-order valence-corrected chi connectivity index (χ3v) is 5.87. The first kappa shape index (κ1) is 23.0. The lowest BCUT2D eigenvalue weighted by Crippen LogP contribution is -2.43. The van der Waals surface area contributed by atoms with Gasteiger partial charge in [0.2, 0.25) is 5.91 Å². The Labute approximate surface area is 183 Å². The highest BCUT2D eigenvalue weighted by molar-refractivity contribution is 5.96. The van der Waals surface area contributed by atoms with Crippen LogP contribution in [0, 0.1) is 25.6 Å². The van der Waals surface area contributed by atoms with E-state index in [1.54, 1.807) is 12.1 Å². The van der Waals surface area contributed by atoms with Crippen molar-refractivity contribution in [3.05, 3.63) is 53.1 Å². The Bertz CT molecular complexity index is 900. The molecule has 1 fully saturated rings. The van der Waals surface area contributed by atoms with Gasteiger partial charge in [-0.3, -0.25) is 9.59 Å². The van der Waals surface area contributed by atoms with Gasteiger partial charge in [0.1, 0.15) is 5.82 Å². The molecule has 0 aliphatic carbocycles. The number of hydrogen-bond donors (Lipinski definition) is 1. The van der Waals surface area contributed by atoms with Crippen molar-refractivity contribution in [2.45, 2.75) is 40.0 Å². The number of ether oxygens (including phenoxy) is 1. The van der Waals surface area contributed by atoms with Crippen LogP contribution < -0.4 is 5.32 Å². The minimum Gasteiger partial charge on any atom is -0.382 e. The van der Waals surface area contributed by atoms with E-state index in [1.807, 2.05) is 36.3 Å². The SMILES string of the molecule is CCOCCCNC(=O)C1CCN(C(=O)c2cc(C)n(-c3ccc(F)cc3)c2C)CC1. The second-order valence-electron chi connectivity index (χ2n) is 8.00. The van der Waals surface area contributed by atoms with E-state index in [1.165, 1.54) is 12.1 Å². The summed E-state index contributed by atoms with van der Waals surface area (Å²) in [6.45, 7) is 8.89. The summed E-state index contributed by atoms with van der Waals surface area (Å²) in [5, 5.41) is 2.98. The third kappa shape index (κ3) is 5.53. The summed E-state index contributed by atoms with van der Waals surface area (Å²) >= 11 is 0. The van der Waals surface area contributed by atoms with Crippen molar-refractivity contribution < 1.29 is 18.7 Å². The van der Waals surface area contributed by atoms with Gasteiger partial charge in [0.15, 0.2) is 0 Å². The molecule has 0 atom stereocenters. The molecule has 1 saturated heterocycles. The Hall–Kier alpha value is -2.67. The summed E-state index contributed by atoms with van der Waals surface area (Å²) in [5.41, 5.74) is 3.24. The molecule has 0 unspecified atom stereocenters. The van der Waals surface area contributed by atoms with Crippen LogP contribution in [-0.2, 0) is 9.53 Å². The predicted molar refractivity (Wildman–Crippen MR) is 118 cm³/mol. The number of aryl methyl sites for hydroxylation is 1. The molecule has 6 nitrogen and oxygen atoms in total. The van der Waals surface area contributed by atoms with Gasteiger partial charge in [-0.05, 0) is 70.4 Å². The Morgan fingerprint density at radius 1 is 1.16 bits per heavy atom. The molecule has 2 aromatic rings. The van der Waals surface area contributed by atoms with E-state index in [0.717, 1.165) is 23.5 Å². The quantitative estimate of drug-likeness (QED) is 0.652. The van der Waals surface area contributed by atoms with Crippen molar-refractivity contribution in [2.24, 2.45) is 5.92 Å². The number of carbonyl (C=O) groups excluding carboxylic acids is 2. The number of nitrogens with zero attached hydrogens (tertiary/aromatic N) is 2. The summed E-state index contributed by atoms with van der Waals surface area (Å²) in [5.74, 6) is -0.290. The number of likely N-dealkylation sites (tertiary alicyclic amines) is 1. The number of carbonyl (C=O) groups is 2. The summed E-state index contributed by atoms with van der Waals surface area (Å²) in [6.07, 6.45) is 2.14. The molecule has 0 radical (unpaired) electrons. The molecule has 7 heteroatoms. The van der Waals surface area contributed by atoms with E-state index in [9.17, 15) is 14.0 Å². The van der Waals surface area contributed by atoms with Gasteiger partial charge in [-0.15, -0.1) is 0 Å². The molecule has 0 bridgehead atoms. The Morgan fingerprint density at radius 2 is 1.84 bits per heavy atom. The summed E-state index contributed by atoms with van der Waals surface area (Å²) < 4.78 is 20.5. The van der Waals surface area contributed by atoms with E-state index in [4.69, 9.17) is 4.74 Å². The Balaban J connectivity index is 1.58. The first-order valence-corrected chi connectivity index (χ1v) is 11.0. The lowest BCUT2D eigenvalue weighted by Gasteiger charge is -2.31. The number of piperidine rings is 1. The van der Waals surface area contributed by atoms with E-state index >= 15 is 0 Å². The zero-order valence-electron chi connectivity index (χ0n) is 18.6. The number of nitrogens with one attached hydrogen (secondary N) is 1. The number of halogens is 1. The molecule has 1 N–H and O–H groups in total. The van der Waals surface area contributed by atoms with Gasteiger partial charge >= 0.3 is 0 Å². The van der Waals surface area contributed by atoms with E-state index < -0.39 is 0 Å². The van der Waals surface area contributed by atoms with Gasteiger partial charge in [0, 0.05) is 55.8 Å². The largest absolute Gasteiger partial charge is 0.382 e. The normalized spacial score (nSPS) is 14.6. The number of hydrogen-bond acceptors (Lipinski definition) is 3. The molecule has 1 aliphatic rings. The molecule has 1 aromatic carbocycles. The van der Waals surface area contributed by atoms with E-state index in [2.05, 4.69) is 5.32 Å². The number of rotatable bonds is 8. The molecule has 168 valence electrons. The topological polar surface area (TPSA) is 63.6 Å². The lowest BCUT2D eigenvalue weighted by atomic mass is 9.95. The van der Waals surface area contributed by atoms with Crippen LogP contribution in [0.5, 0.6) is 0 Å². The molecule has 0 saturated carbocycles. The number of benzene rings is 1. The average Bonchev–Trinajstić information content (AvgIpc) is 3.07. The highest BCUT2D eigenvalue weighted by atomic mass is 19.1. The smallest absolute Gasteiger partial charge is 0.255 e. The van der Waals surface area contributed by atoms with Crippen LogP contribution in [0.3, 0.4) is 0 Å². The van der Waals surface area contributed by atoms with Gasteiger partial charge in [0.25, 0.3) is 5.91 Å². The molecule has 1 aliphatic heterocycles. The highest BCUT2D eigenvalue weighted by Gasteiger charge is 2.29. The van der Waals surface area contributed by atoms with Crippen molar-refractivity contribution in [1.82, 2.24) is 14.8 Å². The molecule has 0 spiro atoms. The molecule has 3 rings (SSSR count). The van der Waals surface area contributed by atoms with Crippen molar-refractivity contribution in [3.63, 3.8) is 0 Å². The van der Waals surface area contributed by atoms with Crippen LogP contribution in [0.4, 0.5) is 4.39 Å².